The fraction of sp³-hybridized carbons (Fsp3) is 0.231. The molecule has 1 heterocycles. The minimum atomic E-state index is -0.107. The molecule has 2 aromatic rings. The second-order valence-electron chi connectivity index (χ2n) is 3.94. The summed E-state index contributed by atoms with van der Waals surface area (Å²) >= 11 is 1.57. The van der Waals surface area contributed by atoms with Gasteiger partial charge in [0.1, 0.15) is 5.01 Å². The summed E-state index contributed by atoms with van der Waals surface area (Å²) in [7, 11) is 0. The van der Waals surface area contributed by atoms with Gasteiger partial charge in [-0.25, -0.2) is 4.98 Å². The molecule has 0 fully saturated rings. The number of carbonyl (C=O) groups excluding carboxylic acids is 1. The van der Waals surface area contributed by atoms with Crippen LogP contribution < -0.4 is 16.4 Å². The van der Waals surface area contributed by atoms with Crippen molar-refractivity contribution in [2.75, 3.05) is 17.6 Å². The summed E-state index contributed by atoms with van der Waals surface area (Å²) in [5.74, 6) is -0.107. The third-order valence-electron chi connectivity index (χ3n) is 2.54. The Morgan fingerprint density at radius 1 is 1.47 bits per heavy atom. The minimum Gasteiger partial charge on any atom is -0.399 e. The molecule has 0 radical (unpaired) electrons. The van der Waals surface area contributed by atoms with Crippen LogP contribution in [0.5, 0.6) is 0 Å². The number of nitrogens with zero attached hydrogens (tertiary/aromatic N) is 1. The van der Waals surface area contributed by atoms with Crippen molar-refractivity contribution in [3.05, 3.63) is 40.3 Å². The SMILES string of the molecule is CCNC(=O)c1ccc(N)cc1NCc1nccs1. The first kappa shape index (κ1) is 13.4. The molecule has 19 heavy (non-hydrogen) atoms. The van der Waals surface area contributed by atoms with Gasteiger partial charge < -0.3 is 16.4 Å². The highest BCUT2D eigenvalue weighted by Crippen LogP contribution is 2.20. The molecule has 4 N–H and O–H groups in total. The summed E-state index contributed by atoms with van der Waals surface area (Å²) in [6, 6.07) is 5.21. The standard InChI is InChI=1S/C13H16N4OS/c1-2-15-13(18)10-4-3-9(14)7-11(10)17-8-12-16-5-6-19-12/h3-7,17H,2,8,14H2,1H3,(H,15,18). The molecule has 1 aromatic heterocycles. The number of hydrogen-bond donors (Lipinski definition) is 3. The highest BCUT2D eigenvalue weighted by Gasteiger charge is 2.11. The zero-order chi connectivity index (χ0) is 13.7. The Bertz CT molecular complexity index is 554. The van der Waals surface area contributed by atoms with Gasteiger partial charge >= 0.3 is 0 Å². The van der Waals surface area contributed by atoms with E-state index in [0.717, 1.165) is 10.7 Å². The maximum atomic E-state index is 11.9. The van der Waals surface area contributed by atoms with E-state index in [4.69, 9.17) is 5.73 Å². The summed E-state index contributed by atoms with van der Waals surface area (Å²) in [5, 5.41) is 8.86. The lowest BCUT2D eigenvalue weighted by molar-refractivity contribution is 0.0956. The molecule has 1 amide bonds. The first-order valence-corrected chi connectivity index (χ1v) is 6.88. The zero-order valence-corrected chi connectivity index (χ0v) is 11.5. The maximum absolute atomic E-state index is 11.9. The van der Waals surface area contributed by atoms with Gasteiger partial charge in [0.2, 0.25) is 0 Å². The predicted octanol–water partition coefficient (Wildman–Crippen LogP) is 2.09. The molecule has 100 valence electrons. The molecule has 0 aliphatic heterocycles. The topological polar surface area (TPSA) is 80.0 Å². The lowest BCUT2D eigenvalue weighted by Gasteiger charge is -2.11. The number of thiazole rings is 1. The molecular formula is C13H16N4OS. The third kappa shape index (κ3) is 3.45. The molecule has 2 rings (SSSR count). The largest absolute Gasteiger partial charge is 0.399 e. The van der Waals surface area contributed by atoms with Gasteiger partial charge in [-0.2, -0.15) is 0 Å². The van der Waals surface area contributed by atoms with E-state index in [0.29, 0.717) is 24.3 Å². The van der Waals surface area contributed by atoms with Gasteiger partial charge in [0.25, 0.3) is 5.91 Å². The molecule has 5 nitrogen and oxygen atoms in total. The van der Waals surface area contributed by atoms with Crippen LogP contribution in [0.4, 0.5) is 11.4 Å². The minimum absolute atomic E-state index is 0.107. The summed E-state index contributed by atoms with van der Waals surface area (Å²) in [5.41, 5.74) is 7.70. The quantitative estimate of drug-likeness (QED) is 0.730. The van der Waals surface area contributed by atoms with Gasteiger partial charge in [-0.15, -0.1) is 11.3 Å². The Balaban J connectivity index is 2.17. The summed E-state index contributed by atoms with van der Waals surface area (Å²) in [6.45, 7) is 3.06. The summed E-state index contributed by atoms with van der Waals surface area (Å²) in [4.78, 5) is 16.1. The normalized spacial score (nSPS) is 10.2. The highest BCUT2D eigenvalue weighted by atomic mass is 32.1. The average molecular weight is 276 g/mol. The van der Waals surface area contributed by atoms with E-state index < -0.39 is 0 Å². The predicted molar refractivity (Wildman–Crippen MR) is 78.3 cm³/mol. The van der Waals surface area contributed by atoms with E-state index in [2.05, 4.69) is 15.6 Å². The molecule has 6 heteroatoms. The Morgan fingerprint density at radius 3 is 3.00 bits per heavy atom. The van der Waals surface area contributed by atoms with Crippen molar-refractivity contribution in [3.8, 4) is 0 Å². The lowest BCUT2D eigenvalue weighted by Crippen LogP contribution is -2.23. The van der Waals surface area contributed by atoms with E-state index in [9.17, 15) is 4.79 Å². The van der Waals surface area contributed by atoms with Crippen molar-refractivity contribution in [2.24, 2.45) is 0 Å². The third-order valence-corrected chi connectivity index (χ3v) is 3.32. The molecule has 1 aromatic carbocycles. The number of aromatic nitrogens is 1. The van der Waals surface area contributed by atoms with Crippen molar-refractivity contribution in [1.29, 1.82) is 0 Å². The van der Waals surface area contributed by atoms with Crippen LogP contribution >= 0.6 is 11.3 Å². The van der Waals surface area contributed by atoms with Gasteiger partial charge in [-0.1, -0.05) is 0 Å². The van der Waals surface area contributed by atoms with Crippen molar-refractivity contribution in [1.82, 2.24) is 10.3 Å². The molecule has 0 saturated heterocycles. The maximum Gasteiger partial charge on any atom is 0.253 e. The van der Waals surface area contributed by atoms with E-state index in [1.165, 1.54) is 0 Å². The molecule has 0 aliphatic rings. The molecule has 0 spiro atoms. The van der Waals surface area contributed by atoms with Gasteiger partial charge in [-0.05, 0) is 25.1 Å². The number of hydrogen-bond acceptors (Lipinski definition) is 5. The molecule has 0 unspecified atom stereocenters. The van der Waals surface area contributed by atoms with Crippen molar-refractivity contribution < 1.29 is 4.79 Å². The number of anilines is 2. The van der Waals surface area contributed by atoms with Crippen LogP contribution in [0.1, 0.15) is 22.3 Å². The van der Waals surface area contributed by atoms with Crippen LogP contribution in [0.25, 0.3) is 0 Å². The number of carbonyl (C=O) groups is 1. The number of rotatable bonds is 5. The Labute approximate surface area is 115 Å². The molecular weight excluding hydrogens is 260 g/mol. The van der Waals surface area contributed by atoms with Gasteiger partial charge in [0, 0.05) is 29.5 Å². The first-order chi connectivity index (χ1) is 9.20. The number of nitrogens with two attached hydrogens (primary N) is 1. The van der Waals surface area contributed by atoms with Crippen LogP contribution in [-0.2, 0) is 6.54 Å². The number of nitrogens with one attached hydrogen (secondary N) is 2. The van der Waals surface area contributed by atoms with E-state index in [-0.39, 0.29) is 5.91 Å². The van der Waals surface area contributed by atoms with Gasteiger partial charge in [0.05, 0.1) is 12.1 Å². The lowest BCUT2D eigenvalue weighted by atomic mass is 10.1. The zero-order valence-electron chi connectivity index (χ0n) is 10.6. The van der Waals surface area contributed by atoms with Crippen LogP contribution in [0.15, 0.2) is 29.8 Å². The van der Waals surface area contributed by atoms with Gasteiger partial charge in [0.15, 0.2) is 0 Å². The smallest absolute Gasteiger partial charge is 0.253 e. The van der Waals surface area contributed by atoms with Crippen LogP contribution in [0.3, 0.4) is 0 Å². The van der Waals surface area contributed by atoms with Crippen molar-refractivity contribution >= 4 is 28.6 Å². The Hall–Kier alpha value is -2.08. The first-order valence-electron chi connectivity index (χ1n) is 6.00. The molecule has 0 bridgehead atoms. The van der Waals surface area contributed by atoms with Crippen molar-refractivity contribution in [2.45, 2.75) is 13.5 Å². The fourth-order valence-electron chi connectivity index (χ4n) is 1.67. The van der Waals surface area contributed by atoms with Crippen LogP contribution in [0.2, 0.25) is 0 Å². The number of nitrogen functional groups attached to an aromatic ring is 1. The van der Waals surface area contributed by atoms with E-state index >= 15 is 0 Å². The second kappa shape index (κ2) is 6.19. The molecule has 0 aliphatic carbocycles. The Morgan fingerprint density at radius 2 is 2.32 bits per heavy atom. The Kier molecular flexibility index (Phi) is 4.35. The van der Waals surface area contributed by atoms with E-state index in [1.807, 2.05) is 12.3 Å². The summed E-state index contributed by atoms with van der Waals surface area (Å²) in [6.07, 6.45) is 1.76. The van der Waals surface area contributed by atoms with Crippen molar-refractivity contribution in [3.63, 3.8) is 0 Å². The fourth-order valence-corrected chi connectivity index (χ4v) is 2.23. The monoisotopic (exact) mass is 276 g/mol. The highest BCUT2D eigenvalue weighted by molar-refractivity contribution is 7.09. The summed E-state index contributed by atoms with van der Waals surface area (Å²) < 4.78 is 0. The average Bonchev–Trinajstić information content (AvgIpc) is 2.89. The van der Waals surface area contributed by atoms with Crippen LogP contribution in [-0.4, -0.2) is 17.4 Å². The molecule has 0 atom stereocenters. The van der Waals surface area contributed by atoms with E-state index in [1.54, 1.807) is 35.7 Å². The number of benzene rings is 1. The second-order valence-corrected chi connectivity index (χ2v) is 4.92. The van der Waals surface area contributed by atoms with Crippen LogP contribution in [0, 0.1) is 0 Å². The molecule has 0 saturated carbocycles. The van der Waals surface area contributed by atoms with Gasteiger partial charge in [-0.3, -0.25) is 4.79 Å². The number of amides is 1.